The minimum absolute atomic E-state index is 0.107. The van der Waals surface area contributed by atoms with Gasteiger partial charge in [0.15, 0.2) is 5.52 Å². The number of nitrogens with one attached hydrogen (secondary N) is 1. The second-order valence-corrected chi connectivity index (χ2v) is 5.93. The van der Waals surface area contributed by atoms with Crippen molar-refractivity contribution in [3.8, 4) is 0 Å². The van der Waals surface area contributed by atoms with Crippen LogP contribution in [0.2, 0.25) is 0 Å². The number of aryl methyl sites for hydroxylation is 4. The average molecular weight is 325 g/mol. The lowest BCUT2D eigenvalue weighted by Crippen LogP contribution is -2.28. The standard InChI is InChI=1S/C17H19N5O2/c1-10-5-6-13(7-11(10)2)19-14(23)8-22-9-18-15-12(3)21(4)20-16(15)17(22)24/h5-7,9H,8H2,1-4H3,(H,19,23). The van der Waals surface area contributed by atoms with Crippen LogP contribution >= 0.6 is 0 Å². The molecule has 0 saturated carbocycles. The zero-order valence-electron chi connectivity index (χ0n) is 14.1. The molecule has 24 heavy (non-hydrogen) atoms. The summed E-state index contributed by atoms with van der Waals surface area (Å²) in [7, 11) is 1.76. The first-order valence-electron chi connectivity index (χ1n) is 7.62. The number of hydrogen-bond donors (Lipinski definition) is 1. The van der Waals surface area contributed by atoms with Gasteiger partial charge in [0.05, 0.1) is 12.0 Å². The maximum absolute atomic E-state index is 12.4. The molecule has 2 heterocycles. The van der Waals surface area contributed by atoms with Gasteiger partial charge in [-0.05, 0) is 44.0 Å². The Hall–Kier alpha value is -2.96. The van der Waals surface area contributed by atoms with Crippen molar-refractivity contribution in [1.82, 2.24) is 19.3 Å². The molecule has 3 rings (SSSR count). The molecular formula is C17H19N5O2. The van der Waals surface area contributed by atoms with Crippen LogP contribution in [0, 0.1) is 20.8 Å². The van der Waals surface area contributed by atoms with Crippen LogP contribution in [0.3, 0.4) is 0 Å². The highest BCUT2D eigenvalue weighted by Crippen LogP contribution is 2.14. The summed E-state index contributed by atoms with van der Waals surface area (Å²) >= 11 is 0. The van der Waals surface area contributed by atoms with Crippen molar-refractivity contribution in [2.24, 2.45) is 7.05 Å². The molecule has 0 spiro atoms. The summed E-state index contributed by atoms with van der Waals surface area (Å²) in [6.07, 6.45) is 1.39. The molecule has 1 N–H and O–H groups in total. The summed E-state index contributed by atoms with van der Waals surface area (Å²) in [5.74, 6) is -0.283. The van der Waals surface area contributed by atoms with E-state index in [9.17, 15) is 9.59 Å². The number of fused-ring (bicyclic) bond motifs is 1. The number of hydrogen-bond acceptors (Lipinski definition) is 4. The van der Waals surface area contributed by atoms with Crippen molar-refractivity contribution in [2.75, 3.05) is 5.32 Å². The number of carbonyl (C=O) groups is 1. The van der Waals surface area contributed by atoms with E-state index in [1.165, 1.54) is 10.9 Å². The summed E-state index contributed by atoms with van der Waals surface area (Å²) in [4.78, 5) is 28.9. The van der Waals surface area contributed by atoms with E-state index in [4.69, 9.17) is 0 Å². The van der Waals surface area contributed by atoms with Crippen molar-refractivity contribution in [2.45, 2.75) is 27.3 Å². The predicted octanol–water partition coefficient (Wildman–Crippen LogP) is 1.69. The molecule has 0 fully saturated rings. The van der Waals surface area contributed by atoms with Crippen molar-refractivity contribution in [3.63, 3.8) is 0 Å². The number of anilines is 1. The first-order valence-corrected chi connectivity index (χ1v) is 7.62. The fourth-order valence-electron chi connectivity index (χ4n) is 2.50. The molecule has 124 valence electrons. The molecule has 1 aromatic carbocycles. The van der Waals surface area contributed by atoms with Gasteiger partial charge in [0.1, 0.15) is 12.1 Å². The third kappa shape index (κ3) is 2.80. The Labute approximate surface area is 138 Å². The minimum Gasteiger partial charge on any atom is -0.325 e. The van der Waals surface area contributed by atoms with Crippen LogP contribution in [0.5, 0.6) is 0 Å². The molecule has 0 aliphatic rings. The van der Waals surface area contributed by atoms with Gasteiger partial charge >= 0.3 is 0 Å². The maximum Gasteiger partial charge on any atom is 0.282 e. The summed E-state index contributed by atoms with van der Waals surface area (Å²) < 4.78 is 2.88. The van der Waals surface area contributed by atoms with Crippen molar-refractivity contribution in [1.29, 1.82) is 0 Å². The Morgan fingerprint density at radius 3 is 2.62 bits per heavy atom. The molecule has 0 aliphatic heterocycles. The van der Waals surface area contributed by atoms with E-state index < -0.39 is 0 Å². The zero-order valence-corrected chi connectivity index (χ0v) is 14.1. The Balaban J connectivity index is 1.84. The van der Waals surface area contributed by atoms with Crippen LogP contribution in [0.15, 0.2) is 29.3 Å². The first-order chi connectivity index (χ1) is 11.4. The van der Waals surface area contributed by atoms with E-state index in [1.54, 1.807) is 11.7 Å². The first kappa shape index (κ1) is 15.9. The van der Waals surface area contributed by atoms with Crippen LogP contribution in [0.4, 0.5) is 5.69 Å². The lowest BCUT2D eigenvalue weighted by atomic mass is 10.1. The number of aromatic nitrogens is 4. The second kappa shape index (κ2) is 5.92. The normalized spacial score (nSPS) is 11.0. The molecule has 0 radical (unpaired) electrons. The third-order valence-electron chi connectivity index (χ3n) is 4.20. The van der Waals surface area contributed by atoms with Crippen LogP contribution in [-0.4, -0.2) is 25.2 Å². The third-order valence-corrected chi connectivity index (χ3v) is 4.20. The molecule has 1 amide bonds. The Morgan fingerprint density at radius 2 is 1.92 bits per heavy atom. The molecule has 3 aromatic rings. The minimum atomic E-state index is -0.320. The highest BCUT2D eigenvalue weighted by atomic mass is 16.2. The average Bonchev–Trinajstić information content (AvgIpc) is 2.82. The van der Waals surface area contributed by atoms with Gasteiger partial charge in [0.25, 0.3) is 5.56 Å². The van der Waals surface area contributed by atoms with Gasteiger partial charge in [-0.25, -0.2) is 4.98 Å². The number of benzene rings is 1. The molecular weight excluding hydrogens is 306 g/mol. The molecule has 7 nitrogen and oxygen atoms in total. The molecule has 0 aliphatic carbocycles. The van der Waals surface area contributed by atoms with Gasteiger partial charge in [-0.3, -0.25) is 18.8 Å². The van der Waals surface area contributed by atoms with Gasteiger partial charge in [0, 0.05) is 12.7 Å². The molecule has 0 unspecified atom stereocenters. The molecule has 7 heteroatoms. The van der Waals surface area contributed by atoms with Crippen LogP contribution in [-0.2, 0) is 18.4 Å². The van der Waals surface area contributed by atoms with E-state index in [0.29, 0.717) is 11.2 Å². The highest BCUT2D eigenvalue weighted by Gasteiger charge is 2.13. The maximum atomic E-state index is 12.4. The number of carbonyl (C=O) groups excluding carboxylic acids is 1. The quantitative estimate of drug-likeness (QED) is 0.794. The largest absolute Gasteiger partial charge is 0.325 e. The van der Waals surface area contributed by atoms with E-state index >= 15 is 0 Å². The summed E-state index contributed by atoms with van der Waals surface area (Å²) in [5.41, 5.74) is 4.29. The predicted molar refractivity (Wildman–Crippen MR) is 92.1 cm³/mol. The molecule has 2 aromatic heterocycles. The van der Waals surface area contributed by atoms with E-state index in [-0.39, 0.29) is 23.5 Å². The zero-order chi connectivity index (χ0) is 17.4. The lowest BCUT2D eigenvalue weighted by molar-refractivity contribution is -0.116. The number of nitrogens with zero attached hydrogens (tertiary/aromatic N) is 4. The number of amides is 1. The van der Waals surface area contributed by atoms with Gasteiger partial charge in [0.2, 0.25) is 5.91 Å². The fourth-order valence-corrected chi connectivity index (χ4v) is 2.50. The Morgan fingerprint density at radius 1 is 1.17 bits per heavy atom. The summed E-state index contributed by atoms with van der Waals surface area (Å²) in [6, 6.07) is 5.69. The van der Waals surface area contributed by atoms with Gasteiger partial charge < -0.3 is 5.32 Å². The van der Waals surface area contributed by atoms with E-state index in [0.717, 1.165) is 16.8 Å². The highest BCUT2D eigenvalue weighted by molar-refractivity contribution is 5.90. The van der Waals surface area contributed by atoms with Crippen molar-refractivity contribution >= 4 is 22.6 Å². The molecule has 0 atom stereocenters. The van der Waals surface area contributed by atoms with Crippen molar-refractivity contribution in [3.05, 3.63) is 51.7 Å². The Bertz CT molecular complexity index is 1000. The fraction of sp³-hybridized carbons (Fsp3) is 0.294. The summed E-state index contributed by atoms with van der Waals surface area (Å²) in [5, 5.41) is 6.97. The molecule has 0 saturated heterocycles. The number of rotatable bonds is 3. The van der Waals surface area contributed by atoms with Crippen LogP contribution in [0.25, 0.3) is 11.0 Å². The SMILES string of the molecule is Cc1ccc(NC(=O)Cn2cnc3c(C)n(C)nc3c2=O)cc1C. The lowest BCUT2D eigenvalue weighted by Gasteiger charge is -2.08. The van der Waals surface area contributed by atoms with Crippen molar-refractivity contribution < 1.29 is 4.79 Å². The van der Waals surface area contributed by atoms with Gasteiger partial charge in [-0.15, -0.1) is 0 Å². The second-order valence-electron chi connectivity index (χ2n) is 5.93. The smallest absolute Gasteiger partial charge is 0.282 e. The van der Waals surface area contributed by atoms with E-state index in [2.05, 4.69) is 15.4 Å². The van der Waals surface area contributed by atoms with Gasteiger partial charge in [-0.2, -0.15) is 5.10 Å². The molecule has 0 bridgehead atoms. The van der Waals surface area contributed by atoms with Crippen LogP contribution in [0.1, 0.15) is 16.8 Å². The topological polar surface area (TPSA) is 81.8 Å². The van der Waals surface area contributed by atoms with E-state index in [1.807, 2.05) is 39.0 Å². The summed E-state index contributed by atoms with van der Waals surface area (Å²) in [6.45, 7) is 5.73. The van der Waals surface area contributed by atoms with Crippen LogP contribution < -0.4 is 10.9 Å². The van der Waals surface area contributed by atoms with Gasteiger partial charge in [-0.1, -0.05) is 6.07 Å². The monoisotopic (exact) mass is 325 g/mol. The Kier molecular flexibility index (Phi) is 3.92.